The highest BCUT2D eigenvalue weighted by atomic mass is 35.5. The Labute approximate surface area is 127 Å². The summed E-state index contributed by atoms with van der Waals surface area (Å²) >= 11 is 12.3. The second-order valence-electron chi connectivity index (χ2n) is 6.67. The average molecular weight is 298 g/mol. The van der Waals surface area contributed by atoms with E-state index in [0.29, 0.717) is 0 Å². The molecule has 104 valence electrons. The molecule has 1 aromatic carbocycles. The molecule has 0 saturated carbocycles. The van der Waals surface area contributed by atoms with Crippen molar-refractivity contribution in [3.63, 3.8) is 0 Å². The SMILES string of the molecule is CC1(C)CCCC(C)(C)N1c1ccccc1B(Cl)Cl. The number of hydrogen-bond donors (Lipinski definition) is 0. The van der Waals surface area contributed by atoms with Crippen LogP contribution in [0, 0.1) is 0 Å². The van der Waals surface area contributed by atoms with Gasteiger partial charge in [0, 0.05) is 16.8 Å². The predicted octanol–water partition coefficient (Wildman–Crippen LogP) is 4.41. The Hall–Kier alpha value is -0.335. The van der Waals surface area contributed by atoms with Gasteiger partial charge in [0.25, 0.3) is 0 Å². The average Bonchev–Trinajstić information content (AvgIpc) is 2.26. The summed E-state index contributed by atoms with van der Waals surface area (Å²) in [5.41, 5.74) is 1.95. The van der Waals surface area contributed by atoms with Crippen LogP contribution in [-0.2, 0) is 0 Å². The van der Waals surface area contributed by atoms with Gasteiger partial charge in [0.1, 0.15) is 0 Å². The zero-order valence-electron chi connectivity index (χ0n) is 12.2. The predicted molar refractivity (Wildman–Crippen MR) is 88.0 cm³/mol. The third-order valence-electron chi connectivity index (χ3n) is 4.20. The second-order valence-corrected chi connectivity index (χ2v) is 7.77. The van der Waals surface area contributed by atoms with Gasteiger partial charge in [0.15, 0.2) is 0 Å². The van der Waals surface area contributed by atoms with Gasteiger partial charge in [-0.2, -0.15) is 22.9 Å². The molecule has 1 aromatic rings. The monoisotopic (exact) mass is 297 g/mol. The fourth-order valence-electron chi connectivity index (χ4n) is 3.52. The highest BCUT2D eigenvalue weighted by molar-refractivity contribution is 7.39. The molecule has 1 aliphatic rings. The van der Waals surface area contributed by atoms with Crippen molar-refractivity contribution in [3.8, 4) is 0 Å². The largest absolute Gasteiger partial charge is 0.384 e. The molecule has 0 amide bonds. The van der Waals surface area contributed by atoms with E-state index in [9.17, 15) is 0 Å². The number of para-hydroxylation sites is 1. The van der Waals surface area contributed by atoms with Crippen LogP contribution in [0.4, 0.5) is 5.69 Å². The lowest BCUT2D eigenvalue weighted by Crippen LogP contribution is -2.60. The number of piperidine rings is 1. The van der Waals surface area contributed by atoms with Crippen molar-refractivity contribution in [1.82, 2.24) is 0 Å². The molecule has 0 aromatic heterocycles. The fourth-order valence-corrected chi connectivity index (χ4v) is 3.89. The number of rotatable bonds is 2. The normalized spacial score (nSPS) is 21.3. The van der Waals surface area contributed by atoms with Crippen LogP contribution in [0.25, 0.3) is 0 Å². The van der Waals surface area contributed by atoms with Crippen LogP contribution < -0.4 is 10.4 Å². The molecule has 0 radical (unpaired) electrons. The summed E-state index contributed by atoms with van der Waals surface area (Å²) in [7, 11) is 0. The zero-order valence-corrected chi connectivity index (χ0v) is 13.7. The van der Waals surface area contributed by atoms with E-state index in [0.717, 1.165) is 5.46 Å². The molecular formula is C15H22BCl2N. The Morgan fingerprint density at radius 2 is 1.53 bits per heavy atom. The smallest absolute Gasteiger partial charge is 0.362 e. The Kier molecular flexibility index (Phi) is 4.14. The van der Waals surface area contributed by atoms with E-state index in [4.69, 9.17) is 22.9 Å². The van der Waals surface area contributed by atoms with E-state index < -0.39 is 5.54 Å². The van der Waals surface area contributed by atoms with Gasteiger partial charge in [-0.15, -0.1) is 0 Å². The van der Waals surface area contributed by atoms with E-state index in [-0.39, 0.29) is 11.1 Å². The molecule has 19 heavy (non-hydrogen) atoms. The summed E-state index contributed by atoms with van der Waals surface area (Å²) in [5.74, 6) is 0. The minimum Gasteiger partial charge on any atom is -0.362 e. The van der Waals surface area contributed by atoms with E-state index in [1.807, 2.05) is 12.1 Å². The van der Waals surface area contributed by atoms with Gasteiger partial charge in [-0.25, -0.2) is 0 Å². The van der Waals surface area contributed by atoms with Crippen molar-refractivity contribution in [2.75, 3.05) is 4.90 Å². The van der Waals surface area contributed by atoms with E-state index in [1.165, 1.54) is 24.9 Å². The van der Waals surface area contributed by atoms with Crippen LogP contribution in [0.5, 0.6) is 0 Å². The molecule has 0 unspecified atom stereocenters. The van der Waals surface area contributed by atoms with E-state index in [2.05, 4.69) is 44.7 Å². The fraction of sp³-hybridized carbons (Fsp3) is 0.600. The third-order valence-corrected chi connectivity index (χ3v) is 4.67. The van der Waals surface area contributed by atoms with Crippen molar-refractivity contribution in [3.05, 3.63) is 24.3 Å². The van der Waals surface area contributed by atoms with Crippen molar-refractivity contribution >= 4 is 39.6 Å². The van der Waals surface area contributed by atoms with Crippen LogP contribution in [0.15, 0.2) is 24.3 Å². The second kappa shape index (κ2) is 5.22. The minimum atomic E-state index is -0.482. The maximum atomic E-state index is 6.15. The highest BCUT2D eigenvalue weighted by Gasteiger charge is 2.42. The van der Waals surface area contributed by atoms with Crippen molar-refractivity contribution in [2.45, 2.75) is 58.0 Å². The Morgan fingerprint density at radius 3 is 2.05 bits per heavy atom. The quantitative estimate of drug-likeness (QED) is 0.731. The third kappa shape index (κ3) is 2.90. The van der Waals surface area contributed by atoms with Crippen LogP contribution in [0.3, 0.4) is 0 Å². The first-order chi connectivity index (χ1) is 8.76. The van der Waals surface area contributed by atoms with Gasteiger partial charge < -0.3 is 4.90 Å². The molecule has 1 saturated heterocycles. The van der Waals surface area contributed by atoms with Gasteiger partial charge in [-0.05, 0) is 58.5 Å². The molecule has 1 nitrogen and oxygen atoms in total. The van der Waals surface area contributed by atoms with Gasteiger partial charge in [0.2, 0.25) is 0 Å². The lowest BCUT2D eigenvalue weighted by molar-refractivity contribution is 0.244. The lowest BCUT2D eigenvalue weighted by Gasteiger charge is -2.55. The number of halogens is 2. The molecule has 0 N–H and O–H groups in total. The van der Waals surface area contributed by atoms with Crippen LogP contribution >= 0.6 is 22.9 Å². The summed E-state index contributed by atoms with van der Waals surface area (Å²) in [6.07, 6.45) is 3.66. The molecule has 4 heteroatoms. The molecule has 0 bridgehead atoms. The van der Waals surface area contributed by atoms with Crippen LogP contribution in [0.1, 0.15) is 47.0 Å². The summed E-state index contributed by atoms with van der Waals surface area (Å²) in [6.45, 7) is 9.23. The Bertz CT molecular complexity index is 441. The summed E-state index contributed by atoms with van der Waals surface area (Å²) in [6, 6.07) is 8.24. The lowest BCUT2D eigenvalue weighted by atomic mass is 9.77. The minimum absolute atomic E-state index is 0.126. The van der Waals surface area contributed by atoms with Crippen molar-refractivity contribution in [1.29, 1.82) is 0 Å². The van der Waals surface area contributed by atoms with Gasteiger partial charge in [-0.1, -0.05) is 18.2 Å². The molecule has 1 aliphatic heterocycles. The van der Waals surface area contributed by atoms with Gasteiger partial charge in [0.05, 0.1) is 0 Å². The van der Waals surface area contributed by atoms with Crippen molar-refractivity contribution < 1.29 is 0 Å². The number of nitrogens with zero attached hydrogens (tertiary/aromatic N) is 1. The maximum absolute atomic E-state index is 6.15. The number of anilines is 1. The first kappa shape index (κ1) is 15.1. The van der Waals surface area contributed by atoms with E-state index >= 15 is 0 Å². The van der Waals surface area contributed by atoms with Crippen LogP contribution in [0.2, 0.25) is 0 Å². The summed E-state index contributed by atoms with van der Waals surface area (Å²) in [4.78, 5) is 2.51. The van der Waals surface area contributed by atoms with E-state index in [1.54, 1.807) is 0 Å². The maximum Gasteiger partial charge on any atom is 0.384 e. The van der Waals surface area contributed by atoms with Gasteiger partial charge in [-0.3, -0.25) is 0 Å². The molecule has 0 spiro atoms. The summed E-state index contributed by atoms with van der Waals surface area (Å²) in [5, 5.41) is 0. The summed E-state index contributed by atoms with van der Waals surface area (Å²) < 4.78 is 0. The first-order valence-corrected chi connectivity index (χ1v) is 7.80. The number of benzene rings is 1. The molecule has 1 fully saturated rings. The molecule has 0 atom stereocenters. The molecular weight excluding hydrogens is 276 g/mol. The standard InChI is InChI=1S/C15H22BCl2N/c1-14(2)10-7-11-15(3,4)19(14)13-9-6-5-8-12(13)16(17)18/h5-6,8-9H,7,10-11H2,1-4H3. The Balaban J connectivity index is 2.54. The number of hydrogen-bond acceptors (Lipinski definition) is 1. The topological polar surface area (TPSA) is 3.24 Å². The zero-order chi connectivity index (χ0) is 14.3. The highest BCUT2D eigenvalue weighted by Crippen LogP contribution is 2.41. The Morgan fingerprint density at radius 1 is 1.00 bits per heavy atom. The first-order valence-electron chi connectivity index (χ1n) is 6.93. The molecule has 0 aliphatic carbocycles. The van der Waals surface area contributed by atoms with Crippen LogP contribution in [-0.4, -0.2) is 16.6 Å². The molecule has 2 rings (SSSR count). The van der Waals surface area contributed by atoms with Crippen molar-refractivity contribution in [2.24, 2.45) is 0 Å². The van der Waals surface area contributed by atoms with Gasteiger partial charge >= 0.3 is 5.54 Å². The molecule has 1 heterocycles.